The Balaban J connectivity index is 2.00. The minimum absolute atomic E-state index is 0.946. The van der Waals surface area contributed by atoms with Gasteiger partial charge in [0.15, 0.2) is 0 Å². The Morgan fingerprint density at radius 3 is 2.00 bits per heavy atom. The second-order valence-corrected chi connectivity index (χ2v) is 6.02. The summed E-state index contributed by atoms with van der Waals surface area (Å²) < 4.78 is 0. The molecule has 0 aliphatic carbocycles. The van der Waals surface area contributed by atoms with Crippen molar-refractivity contribution in [3.05, 3.63) is 84.3 Å². The molecule has 0 N–H and O–H groups in total. The molecule has 0 saturated heterocycles. The summed E-state index contributed by atoms with van der Waals surface area (Å²) in [6.45, 7) is 4.00. The zero-order chi connectivity index (χ0) is 16.5. The van der Waals surface area contributed by atoms with Crippen LogP contribution in [0.4, 0.5) is 0 Å². The normalized spacial score (nSPS) is 10.9. The summed E-state index contributed by atoms with van der Waals surface area (Å²) in [5.41, 5.74) is 6.47. The average molecular weight is 310 g/mol. The third-order valence-corrected chi connectivity index (χ3v) is 4.33. The van der Waals surface area contributed by atoms with Crippen LogP contribution in [0.2, 0.25) is 0 Å². The van der Waals surface area contributed by atoms with E-state index in [0.717, 1.165) is 22.6 Å². The van der Waals surface area contributed by atoms with Crippen molar-refractivity contribution in [1.82, 2.24) is 9.97 Å². The van der Waals surface area contributed by atoms with Crippen LogP contribution >= 0.6 is 0 Å². The molecule has 0 fully saturated rings. The molecule has 0 radical (unpaired) electrons. The average Bonchev–Trinajstić information content (AvgIpc) is 2.62. The van der Waals surface area contributed by atoms with Gasteiger partial charge >= 0.3 is 0 Å². The lowest BCUT2D eigenvalue weighted by Gasteiger charge is -2.13. The summed E-state index contributed by atoms with van der Waals surface area (Å²) in [4.78, 5) is 9.21. The molecular formula is C22H18N2. The van der Waals surface area contributed by atoms with Crippen LogP contribution in [0.25, 0.3) is 33.2 Å². The molecule has 0 bridgehead atoms. The van der Waals surface area contributed by atoms with Crippen LogP contribution in [0.1, 0.15) is 11.4 Å². The first-order chi connectivity index (χ1) is 11.7. The lowest BCUT2D eigenvalue weighted by Crippen LogP contribution is -1.95. The van der Waals surface area contributed by atoms with E-state index in [0.29, 0.717) is 0 Å². The molecule has 0 atom stereocenters. The van der Waals surface area contributed by atoms with Gasteiger partial charge in [-0.1, -0.05) is 66.7 Å². The number of nitrogens with zero attached hydrogens (tertiary/aromatic N) is 2. The van der Waals surface area contributed by atoms with Gasteiger partial charge in [0.1, 0.15) is 0 Å². The maximum absolute atomic E-state index is 4.64. The van der Waals surface area contributed by atoms with E-state index in [1.165, 1.54) is 21.9 Å². The van der Waals surface area contributed by atoms with Gasteiger partial charge in [-0.05, 0) is 35.7 Å². The predicted octanol–water partition coefficient (Wildman–Crippen LogP) is 5.58. The van der Waals surface area contributed by atoms with Crippen LogP contribution in [0.5, 0.6) is 0 Å². The number of aromatic nitrogens is 2. The van der Waals surface area contributed by atoms with Crippen molar-refractivity contribution in [2.24, 2.45) is 0 Å². The van der Waals surface area contributed by atoms with Gasteiger partial charge in [0.05, 0.1) is 17.1 Å². The first-order valence-corrected chi connectivity index (χ1v) is 8.12. The van der Waals surface area contributed by atoms with Crippen LogP contribution in [-0.4, -0.2) is 9.97 Å². The van der Waals surface area contributed by atoms with E-state index in [9.17, 15) is 0 Å². The van der Waals surface area contributed by atoms with Gasteiger partial charge in [-0.3, -0.25) is 9.97 Å². The first kappa shape index (κ1) is 14.6. The van der Waals surface area contributed by atoms with E-state index >= 15 is 0 Å². The molecule has 0 unspecified atom stereocenters. The Labute approximate surface area is 141 Å². The Kier molecular flexibility index (Phi) is 3.58. The standard InChI is InChI=1S/C22H18N2/c1-15-14-23-22(16(2)24-15)21-13-12-18(17-8-4-3-5-9-17)19-10-6-7-11-20(19)21/h3-14H,1-2H3. The largest absolute Gasteiger partial charge is 0.255 e. The van der Waals surface area contributed by atoms with Crippen molar-refractivity contribution in [3.63, 3.8) is 0 Å². The highest BCUT2D eigenvalue weighted by Crippen LogP contribution is 2.35. The first-order valence-electron chi connectivity index (χ1n) is 8.12. The van der Waals surface area contributed by atoms with Crippen LogP contribution in [0.3, 0.4) is 0 Å². The summed E-state index contributed by atoms with van der Waals surface area (Å²) in [5, 5.41) is 2.45. The molecule has 2 heteroatoms. The molecule has 4 rings (SSSR count). The molecule has 116 valence electrons. The number of aryl methyl sites for hydroxylation is 2. The molecule has 0 aliphatic heterocycles. The fourth-order valence-electron chi connectivity index (χ4n) is 3.24. The van der Waals surface area contributed by atoms with Crippen LogP contribution in [0.15, 0.2) is 72.9 Å². The number of hydrogen-bond donors (Lipinski definition) is 0. The molecule has 24 heavy (non-hydrogen) atoms. The quantitative estimate of drug-likeness (QED) is 0.483. The highest BCUT2D eigenvalue weighted by Gasteiger charge is 2.12. The Hall–Kier alpha value is -3.00. The van der Waals surface area contributed by atoms with E-state index in [2.05, 4.69) is 70.6 Å². The number of rotatable bonds is 2. The van der Waals surface area contributed by atoms with Crippen molar-refractivity contribution in [2.45, 2.75) is 13.8 Å². The lowest BCUT2D eigenvalue weighted by atomic mass is 9.93. The minimum Gasteiger partial charge on any atom is -0.255 e. The van der Waals surface area contributed by atoms with Gasteiger partial charge in [-0.25, -0.2) is 0 Å². The smallest absolute Gasteiger partial charge is 0.0920 e. The van der Waals surface area contributed by atoms with Crippen molar-refractivity contribution < 1.29 is 0 Å². The summed E-state index contributed by atoms with van der Waals surface area (Å²) in [6, 6.07) is 23.4. The SMILES string of the molecule is Cc1cnc(-c2ccc(-c3ccccc3)c3ccccc23)c(C)n1. The van der Waals surface area contributed by atoms with E-state index in [1.54, 1.807) is 0 Å². The fraction of sp³-hybridized carbons (Fsp3) is 0.0909. The van der Waals surface area contributed by atoms with Crippen molar-refractivity contribution in [1.29, 1.82) is 0 Å². The molecule has 0 saturated carbocycles. The molecule has 4 aromatic rings. The van der Waals surface area contributed by atoms with Gasteiger partial charge in [0, 0.05) is 11.8 Å². The summed E-state index contributed by atoms with van der Waals surface area (Å²) in [6.07, 6.45) is 1.84. The van der Waals surface area contributed by atoms with Crippen molar-refractivity contribution in [3.8, 4) is 22.4 Å². The fourth-order valence-corrected chi connectivity index (χ4v) is 3.24. The van der Waals surface area contributed by atoms with Gasteiger partial charge in [0.25, 0.3) is 0 Å². The third-order valence-electron chi connectivity index (χ3n) is 4.33. The minimum atomic E-state index is 0.946. The number of fused-ring (bicyclic) bond motifs is 1. The van der Waals surface area contributed by atoms with Crippen LogP contribution in [0, 0.1) is 13.8 Å². The topological polar surface area (TPSA) is 25.8 Å². The molecular weight excluding hydrogens is 292 g/mol. The summed E-state index contributed by atoms with van der Waals surface area (Å²) in [5.74, 6) is 0. The monoisotopic (exact) mass is 310 g/mol. The molecule has 1 heterocycles. The van der Waals surface area contributed by atoms with E-state index in [1.807, 2.05) is 26.1 Å². The molecule has 0 amide bonds. The van der Waals surface area contributed by atoms with Gasteiger partial charge < -0.3 is 0 Å². The van der Waals surface area contributed by atoms with Crippen LogP contribution in [-0.2, 0) is 0 Å². The second kappa shape index (κ2) is 5.89. The van der Waals surface area contributed by atoms with Gasteiger partial charge in [0.2, 0.25) is 0 Å². The summed E-state index contributed by atoms with van der Waals surface area (Å²) in [7, 11) is 0. The highest BCUT2D eigenvalue weighted by atomic mass is 14.8. The Bertz CT molecular complexity index is 1020. The van der Waals surface area contributed by atoms with Crippen LogP contribution < -0.4 is 0 Å². The predicted molar refractivity (Wildman–Crippen MR) is 99.9 cm³/mol. The molecule has 0 aliphatic rings. The maximum atomic E-state index is 4.64. The lowest BCUT2D eigenvalue weighted by molar-refractivity contribution is 1.06. The Morgan fingerprint density at radius 2 is 1.29 bits per heavy atom. The van der Waals surface area contributed by atoms with Crippen molar-refractivity contribution in [2.75, 3.05) is 0 Å². The number of benzene rings is 3. The maximum Gasteiger partial charge on any atom is 0.0920 e. The van der Waals surface area contributed by atoms with Gasteiger partial charge in [-0.15, -0.1) is 0 Å². The molecule has 3 aromatic carbocycles. The molecule has 1 aromatic heterocycles. The zero-order valence-corrected chi connectivity index (χ0v) is 13.8. The van der Waals surface area contributed by atoms with Gasteiger partial charge in [-0.2, -0.15) is 0 Å². The molecule has 2 nitrogen and oxygen atoms in total. The highest BCUT2D eigenvalue weighted by molar-refractivity contribution is 6.04. The summed E-state index contributed by atoms with van der Waals surface area (Å²) >= 11 is 0. The second-order valence-electron chi connectivity index (χ2n) is 6.02. The third kappa shape index (κ3) is 2.46. The zero-order valence-electron chi connectivity index (χ0n) is 13.8. The van der Waals surface area contributed by atoms with E-state index in [-0.39, 0.29) is 0 Å². The number of hydrogen-bond acceptors (Lipinski definition) is 2. The van der Waals surface area contributed by atoms with Crippen molar-refractivity contribution >= 4 is 10.8 Å². The molecule has 0 spiro atoms. The Morgan fingerprint density at radius 1 is 0.667 bits per heavy atom. The van der Waals surface area contributed by atoms with E-state index < -0.39 is 0 Å². The van der Waals surface area contributed by atoms with E-state index in [4.69, 9.17) is 0 Å².